The molecule has 5 nitrogen and oxygen atoms in total. The Hall–Kier alpha value is -1.30. The summed E-state index contributed by atoms with van der Waals surface area (Å²) in [5, 5.41) is 7.02. The standard InChI is InChI=1S/C15H24N4OS/c16-13-12(21-15(19-13)18-11-7-8-11)14(20)17-9-3-6-10-4-1-2-5-10/h10-11H,1-9,16H2,(H,17,20)(H,18,19). The molecule has 2 aliphatic rings. The number of hydrogen-bond donors (Lipinski definition) is 3. The van der Waals surface area contributed by atoms with Crippen LogP contribution in [0.4, 0.5) is 10.9 Å². The Labute approximate surface area is 129 Å². The molecule has 1 aromatic heterocycles. The SMILES string of the molecule is Nc1nc(NC2CC2)sc1C(=O)NCCCC1CCCC1. The van der Waals surface area contributed by atoms with Gasteiger partial charge in [-0.05, 0) is 31.6 Å². The number of nitrogen functional groups attached to an aromatic ring is 1. The third-order valence-electron chi connectivity index (χ3n) is 4.31. The summed E-state index contributed by atoms with van der Waals surface area (Å²) in [6, 6.07) is 0.526. The molecule has 6 heteroatoms. The van der Waals surface area contributed by atoms with Crippen LogP contribution in [0.1, 0.15) is 61.0 Å². The highest BCUT2D eigenvalue weighted by Crippen LogP contribution is 2.30. The van der Waals surface area contributed by atoms with Gasteiger partial charge in [0.15, 0.2) is 5.13 Å². The van der Waals surface area contributed by atoms with Crippen molar-refractivity contribution < 1.29 is 4.79 Å². The molecular formula is C15H24N4OS. The van der Waals surface area contributed by atoms with Crippen LogP contribution in [0.5, 0.6) is 0 Å². The maximum absolute atomic E-state index is 12.1. The number of aromatic nitrogens is 1. The minimum Gasteiger partial charge on any atom is -0.382 e. The number of nitrogens with two attached hydrogens (primary N) is 1. The number of nitrogens with zero attached hydrogens (tertiary/aromatic N) is 1. The Balaban J connectivity index is 1.42. The van der Waals surface area contributed by atoms with E-state index < -0.39 is 0 Å². The smallest absolute Gasteiger partial charge is 0.265 e. The lowest BCUT2D eigenvalue weighted by Gasteiger charge is -2.08. The average molecular weight is 308 g/mol. The molecule has 0 saturated heterocycles. The van der Waals surface area contributed by atoms with Gasteiger partial charge >= 0.3 is 0 Å². The summed E-state index contributed by atoms with van der Waals surface area (Å²) in [7, 11) is 0. The molecule has 0 aliphatic heterocycles. The second-order valence-corrected chi connectivity index (χ2v) is 7.20. The highest BCUT2D eigenvalue weighted by atomic mass is 32.1. The molecule has 3 rings (SSSR count). The molecule has 21 heavy (non-hydrogen) atoms. The number of rotatable bonds is 7. The van der Waals surface area contributed by atoms with Crippen LogP contribution in [0.3, 0.4) is 0 Å². The number of carbonyl (C=O) groups excluding carboxylic acids is 1. The summed E-state index contributed by atoms with van der Waals surface area (Å²) in [5.41, 5.74) is 5.84. The molecule has 2 saturated carbocycles. The Morgan fingerprint density at radius 3 is 2.76 bits per heavy atom. The lowest BCUT2D eigenvalue weighted by atomic mass is 10.0. The molecule has 0 atom stereocenters. The van der Waals surface area contributed by atoms with Gasteiger partial charge in [-0.3, -0.25) is 4.79 Å². The van der Waals surface area contributed by atoms with Crippen molar-refractivity contribution in [3.63, 3.8) is 0 Å². The Morgan fingerprint density at radius 1 is 1.29 bits per heavy atom. The molecular weight excluding hydrogens is 284 g/mol. The van der Waals surface area contributed by atoms with E-state index in [-0.39, 0.29) is 5.91 Å². The van der Waals surface area contributed by atoms with E-state index >= 15 is 0 Å². The van der Waals surface area contributed by atoms with Gasteiger partial charge in [0.05, 0.1) is 0 Å². The van der Waals surface area contributed by atoms with Crippen LogP contribution in [0.15, 0.2) is 0 Å². The predicted molar refractivity (Wildman–Crippen MR) is 86.7 cm³/mol. The second-order valence-electron chi connectivity index (χ2n) is 6.20. The molecule has 116 valence electrons. The molecule has 0 bridgehead atoms. The monoisotopic (exact) mass is 308 g/mol. The van der Waals surface area contributed by atoms with Crippen molar-refractivity contribution >= 4 is 28.2 Å². The number of hydrogen-bond acceptors (Lipinski definition) is 5. The summed E-state index contributed by atoms with van der Waals surface area (Å²) >= 11 is 1.36. The Morgan fingerprint density at radius 2 is 2.05 bits per heavy atom. The van der Waals surface area contributed by atoms with E-state index in [1.165, 1.54) is 56.3 Å². The van der Waals surface area contributed by atoms with Gasteiger partial charge in [-0.1, -0.05) is 37.0 Å². The van der Waals surface area contributed by atoms with Gasteiger partial charge in [0.1, 0.15) is 10.7 Å². The van der Waals surface area contributed by atoms with Gasteiger partial charge in [0.25, 0.3) is 5.91 Å². The first-order chi connectivity index (χ1) is 10.2. The van der Waals surface area contributed by atoms with Gasteiger partial charge < -0.3 is 16.4 Å². The zero-order valence-corrected chi connectivity index (χ0v) is 13.2. The number of carbonyl (C=O) groups is 1. The van der Waals surface area contributed by atoms with E-state index in [0.29, 0.717) is 16.7 Å². The lowest BCUT2D eigenvalue weighted by molar-refractivity contribution is 0.0957. The fourth-order valence-electron chi connectivity index (χ4n) is 2.93. The van der Waals surface area contributed by atoms with E-state index in [4.69, 9.17) is 5.73 Å². The van der Waals surface area contributed by atoms with E-state index in [0.717, 1.165) is 24.0 Å². The summed E-state index contributed by atoms with van der Waals surface area (Å²) in [4.78, 5) is 16.9. The van der Waals surface area contributed by atoms with E-state index in [2.05, 4.69) is 15.6 Å². The van der Waals surface area contributed by atoms with E-state index in [9.17, 15) is 4.79 Å². The third kappa shape index (κ3) is 4.09. The molecule has 0 spiro atoms. The van der Waals surface area contributed by atoms with Crippen molar-refractivity contribution in [3.8, 4) is 0 Å². The van der Waals surface area contributed by atoms with Crippen LogP contribution in [0, 0.1) is 5.92 Å². The van der Waals surface area contributed by atoms with E-state index in [1.54, 1.807) is 0 Å². The van der Waals surface area contributed by atoms with Crippen molar-refractivity contribution in [3.05, 3.63) is 4.88 Å². The normalized spacial score (nSPS) is 18.9. The highest BCUT2D eigenvalue weighted by Gasteiger charge is 2.24. The minimum atomic E-state index is -0.0831. The highest BCUT2D eigenvalue weighted by molar-refractivity contribution is 7.18. The van der Waals surface area contributed by atoms with Crippen molar-refractivity contribution in [2.45, 2.75) is 57.4 Å². The Bertz CT molecular complexity index is 492. The maximum Gasteiger partial charge on any atom is 0.265 e. The topological polar surface area (TPSA) is 80.0 Å². The van der Waals surface area contributed by atoms with Crippen molar-refractivity contribution in [1.29, 1.82) is 0 Å². The molecule has 0 unspecified atom stereocenters. The van der Waals surface area contributed by atoms with Crippen LogP contribution in [0.25, 0.3) is 0 Å². The summed E-state index contributed by atoms with van der Waals surface area (Å²) in [5.74, 6) is 1.14. The van der Waals surface area contributed by atoms with Crippen LogP contribution in [0.2, 0.25) is 0 Å². The lowest BCUT2D eigenvalue weighted by Crippen LogP contribution is -2.24. The fraction of sp³-hybridized carbons (Fsp3) is 0.733. The fourth-order valence-corrected chi connectivity index (χ4v) is 3.81. The second kappa shape index (κ2) is 6.64. The molecule has 1 aromatic rings. The van der Waals surface area contributed by atoms with Crippen LogP contribution < -0.4 is 16.4 Å². The first kappa shape index (κ1) is 14.6. The molecule has 4 N–H and O–H groups in total. The van der Waals surface area contributed by atoms with Crippen LogP contribution >= 0.6 is 11.3 Å². The largest absolute Gasteiger partial charge is 0.382 e. The zero-order chi connectivity index (χ0) is 14.7. The third-order valence-corrected chi connectivity index (χ3v) is 5.32. The number of nitrogens with one attached hydrogen (secondary N) is 2. The molecule has 0 aromatic carbocycles. The predicted octanol–water partition coefficient (Wildman–Crippen LogP) is 3.00. The molecule has 1 amide bonds. The van der Waals surface area contributed by atoms with E-state index in [1.807, 2.05) is 0 Å². The molecule has 2 fully saturated rings. The first-order valence-corrected chi connectivity index (χ1v) is 8.85. The van der Waals surface area contributed by atoms with Gasteiger partial charge in [-0.15, -0.1) is 0 Å². The number of thiazole rings is 1. The van der Waals surface area contributed by atoms with Gasteiger partial charge in [0, 0.05) is 12.6 Å². The quantitative estimate of drug-likeness (QED) is 0.676. The number of anilines is 2. The molecule has 0 radical (unpaired) electrons. The average Bonchev–Trinajstić information content (AvgIpc) is 2.98. The summed E-state index contributed by atoms with van der Waals surface area (Å²) in [6.07, 6.45) is 10.1. The first-order valence-electron chi connectivity index (χ1n) is 8.03. The Kier molecular flexibility index (Phi) is 4.63. The van der Waals surface area contributed by atoms with Crippen molar-refractivity contribution in [1.82, 2.24) is 10.3 Å². The zero-order valence-electron chi connectivity index (χ0n) is 12.4. The van der Waals surface area contributed by atoms with Gasteiger partial charge in [-0.2, -0.15) is 0 Å². The number of amides is 1. The summed E-state index contributed by atoms with van der Waals surface area (Å²) < 4.78 is 0. The minimum absolute atomic E-state index is 0.0831. The maximum atomic E-state index is 12.1. The molecule has 1 heterocycles. The van der Waals surface area contributed by atoms with Crippen molar-refractivity contribution in [2.24, 2.45) is 5.92 Å². The van der Waals surface area contributed by atoms with Crippen molar-refractivity contribution in [2.75, 3.05) is 17.6 Å². The van der Waals surface area contributed by atoms with Crippen LogP contribution in [-0.2, 0) is 0 Å². The summed E-state index contributed by atoms with van der Waals surface area (Å²) in [6.45, 7) is 0.734. The van der Waals surface area contributed by atoms with Crippen LogP contribution in [-0.4, -0.2) is 23.5 Å². The van der Waals surface area contributed by atoms with Gasteiger partial charge in [0.2, 0.25) is 0 Å². The molecule has 2 aliphatic carbocycles. The van der Waals surface area contributed by atoms with Gasteiger partial charge in [-0.25, -0.2) is 4.98 Å².